The summed E-state index contributed by atoms with van der Waals surface area (Å²) in [5.74, 6) is -3.95. The summed E-state index contributed by atoms with van der Waals surface area (Å²) in [5, 5.41) is 9.02. The van der Waals surface area contributed by atoms with Crippen molar-refractivity contribution in [3.63, 3.8) is 0 Å². The van der Waals surface area contributed by atoms with Crippen LogP contribution in [0.3, 0.4) is 0 Å². The van der Waals surface area contributed by atoms with Gasteiger partial charge in [-0.15, -0.1) is 0 Å². The molecule has 3 aliphatic carbocycles. The van der Waals surface area contributed by atoms with Crippen LogP contribution in [0.4, 0.5) is 8.78 Å². The molecule has 1 N–H and O–H groups in total. The highest BCUT2D eigenvalue weighted by Crippen LogP contribution is 2.81. The number of halogens is 2. The number of aliphatic hydroxyl groups excluding tert-OH is 1. The molecule has 0 amide bonds. The average Bonchev–Trinajstić information content (AvgIpc) is 2.21. The molecular formula is C13H18F2O3. The molecule has 4 atom stereocenters. The quantitative estimate of drug-likeness (QED) is 0.788. The highest BCUT2D eigenvalue weighted by atomic mass is 19.3. The number of carbonyl (C=O) groups is 1. The summed E-state index contributed by atoms with van der Waals surface area (Å²) >= 11 is 0. The van der Waals surface area contributed by atoms with Crippen LogP contribution < -0.4 is 0 Å². The van der Waals surface area contributed by atoms with E-state index in [1.807, 2.05) is 0 Å². The molecular weight excluding hydrogens is 242 g/mol. The monoisotopic (exact) mass is 260 g/mol. The van der Waals surface area contributed by atoms with Crippen molar-refractivity contribution >= 4 is 5.97 Å². The molecule has 0 radical (unpaired) electrons. The normalized spacial score (nSPS) is 44.9. The summed E-state index contributed by atoms with van der Waals surface area (Å²) in [6.45, 7) is 0.701. The largest absolute Gasteiger partial charge is 0.454 e. The second-order valence-electron chi connectivity index (χ2n) is 6.17. The molecule has 0 aliphatic heterocycles. The van der Waals surface area contributed by atoms with Crippen molar-refractivity contribution in [2.45, 2.75) is 50.6 Å². The van der Waals surface area contributed by atoms with E-state index in [1.165, 1.54) is 0 Å². The summed E-state index contributed by atoms with van der Waals surface area (Å²) < 4.78 is 31.0. The first kappa shape index (κ1) is 12.3. The van der Waals surface area contributed by atoms with Gasteiger partial charge in [0.2, 0.25) is 0 Å². The fourth-order valence-corrected chi connectivity index (χ4v) is 4.59. The van der Waals surface area contributed by atoms with E-state index in [2.05, 4.69) is 0 Å². The van der Waals surface area contributed by atoms with Crippen LogP contribution in [0.15, 0.2) is 0 Å². The molecule has 5 heteroatoms. The van der Waals surface area contributed by atoms with Crippen molar-refractivity contribution in [3.05, 3.63) is 0 Å². The van der Waals surface area contributed by atoms with E-state index in [0.29, 0.717) is 31.6 Å². The predicted octanol–water partition coefficient (Wildman–Crippen LogP) is 2.13. The van der Waals surface area contributed by atoms with E-state index in [4.69, 9.17) is 9.84 Å². The standard InChI is InChI=1S/C13H18F2O3/c1-11(14,15)10(17)18-12-6-8-2-4-13(8,12)9(7-12)3-5-16/h8-9,16H,2-7H2,1H3. The first-order valence-corrected chi connectivity index (χ1v) is 6.58. The molecule has 1 spiro atoms. The number of ether oxygens (including phenoxy) is 1. The third-order valence-electron chi connectivity index (χ3n) is 5.49. The van der Waals surface area contributed by atoms with E-state index < -0.39 is 17.5 Å². The zero-order valence-corrected chi connectivity index (χ0v) is 10.4. The number of aliphatic hydroxyl groups is 1. The Hall–Kier alpha value is -0.710. The topological polar surface area (TPSA) is 46.5 Å². The number of rotatable bonds is 4. The third kappa shape index (κ3) is 1.23. The molecule has 3 aliphatic rings. The smallest absolute Gasteiger partial charge is 0.377 e. The fourth-order valence-electron chi connectivity index (χ4n) is 4.59. The molecule has 102 valence electrons. The molecule has 3 saturated carbocycles. The lowest BCUT2D eigenvalue weighted by Crippen LogP contribution is -2.81. The molecule has 3 nitrogen and oxygen atoms in total. The molecule has 3 rings (SSSR count). The second-order valence-corrected chi connectivity index (χ2v) is 6.17. The highest BCUT2D eigenvalue weighted by molar-refractivity contribution is 5.77. The van der Waals surface area contributed by atoms with Crippen LogP contribution in [0, 0.1) is 17.3 Å². The van der Waals surface area contributed by atoms with Gasteiger partial charge < -0.3 is 9.84 Å². The van der Waals surface area contributed by atoms with Gasteiger partial charge in [0.25, 0.3) is 0 Å². The van der Waals surface area contributed by atoms with Gasteiger partial charge in [-0.05, 0) is 43.9 Å². The molecule has 0 heterocycles. The van der Waals surface area contributed by atoms with Crippen LogP contribution in [-0.2, 0) is 9.53 Å². The van der Waals surface area contributed by atoms with Gasteiger partial charge in [0.1, 0.15) is 5.60 Å². The van der Waals surface area contributed by atoms with E-state index in [-0.39, 0.29) is 12.0 Å². The lowest BCUT2D eigenvalue weighted by molar-refractivity contribution is -0.372. The number of esters is 1. The van der Waals surface area contributed by atoms with Gasteiger partial charge in [0.15, 0.2) is 0 Å². The van der Waals surface area contributed by atoms with Crippen molar-refractivity contribution in [1.29, 1.82) is 0 Å². The maximum Gasteiger partial charge on any atom is 0.377 e. The maximum atomic E-state index is 12.9. The van der Waals surface area contributed by atoms with Crippen LogP contribution >= 0.6 is 0 Å². The third-order valence-corrected chi connectivity index (χ3v) is 5.49. The molecule has 4 unspecified atom stereocenters. The first-order chi connectivity index (χ1) is 8.36. The van der Waals surface area contributed by atoms with Gasteiger partial charge in [-0.1, -0.05) is 0 Å². The van der Waals surface area contributed by atoms with E-state index in [9.17, 15) is 13.6 Å². The number of hydrogen-bond donors (Lipinski definition) is 1. The Morgan fingerprint density at radius 2 is 2.22 bits per heavy atom. The minimum Gasteiger partial charge on any atom is -0.454 e. The van der Waals surface area contributed by atoms with Crippen LogP contribution in [0.25, 0.3) is 0 Å². The van der Waals surface area contributed by atoms with E-state index in [0.717, 1.165) is 19.3 Å². The van der Waals surface area contributed by atoms with Crippen LogP contribution in [-0.4, -0.2) is 29.2 Å². The maximum absolute atomic E-state index is 12.9. The summed E-state index contributed by atoms with van der Waals surface area (Å²) in [6.07, 6.45) is 4.12. The van der Waals surface area contributed by atoms with Crippen molar-refractivity contribution in [1.82, 2.24) is 0 Å². The summed E-state index contributed by atoms with van der Waals surface area (Å²) in [5.41, 5.74) is -0.705. The Bertz CT molecular complexity index is 392. The van der Waals surface area contributed by atoms with Gasteiger partial charge in [-0.25, -0.2) is 4.79 Å². The predicted molar refractivity (Wildman–Crippen MR) is 59.0 cm³/mol. The van der Waals surface area contributed by atoms with E-state index >= 15 is 0 Å². The molecule has 0 aromatic heterocycles. The molecule has 0 aromatic carbocycles. The number of alkyl halides is 2. The Morgan fingerprint density at radius 3 is 2.67 bits per heavy atom. The number of hydrogen-bond acceptors (Lipinski definition) is 3. The van der Waals surface area contributed by atoms with Crippen molar-refractivity contribution in [2.24, 2.45) is 17.3 Å². The van der Waals surface area contributed by atoms with Crippen LogP contribution in [0.1, 0.15) is 39.0 Å². The second kappa shape index (κ2) is 3.44. The molecule has 3 fully saturated rings. The van der Waals surface area contributed by atoms with Crippen LogP contribution in [0.2, 0.25) is 0 Å². The minimum atomic E-state index is -3.41. The van der Waals surface area contributed by atoms with Crippen molar-refractivity contribution in [2.75, 3.05) is 6.61 Å². The Morgan fingerprint density at radius 1 is 1.50 bits per heavy atom. The van der Waals surface area contributed by atoms with Crippen molar-refractivity contribution < 1.29 is 23.4 Å². The summed E-state index contributed by atoms with van der Waals surface area (Å²) in [4.78, 5) is 11.4. The summed E-state index contributed by atoms with van der Waals surface area (Å²) in [7, 11) is 0. The van der Waals surface area contributed by atoms with Crippen LogP contribution in [0.5, 0.6) is 0 Å². The molecule has 18 heavy (non-hydrogen) atoms. The minimum absolute atomic E-state index is 0.0728. The van der Waals surface area contributed by atoms with E-state index in [1.54, 1.807) is 0 Å². The zero-order chi connectivity index (χ0) is 13.2. The Kier molecular flexibility index (Phi) is 2.35. The molecule has 0 aromatic rings. The zero-order valence-electron chi connectivity index (χ0n) is 10.4. The van der Waals surface area contributed by atoms with Crippen molar-refractivity contribution in [3.8, 4) is 0 Å². The highest BCUT2D eigenvalue weighted by Gasteiger charge is 2.81. The SMILES string of the molecule is CC(F)(F)C(=O)OC12CC(CCO)C13CCC3C2. The first-order valence-electron chi connectivity index (χ1n) is 6.58. The molecule has 0 bridgehead atoms. The fraction of sp³-hybridized carbons (Fsp3) is 0.923. The number of carbonyl (C=O) groups excluding carboxylic acids is 1. The Labute approximate surface area is 105 Å². The van der Waals surface area contributed by atoms with Gasteiger partial charge >= 0.3 is 11.9 Å². The Balaban J connectivity index is 1.73. The average molecular weight is 260 g/mol. The molecule has 0 saturated heterocycles. The van der Waals surface area contributed by atoms with Gasteiger partial charge in [-0.2, -0.15) is 8.78 Å². The summed E-state index contributed by atoms with van der Waals surface area (Å²) in [6, 6.07) is 0. The lowest BCUT2D eigenvalue weighted by Gasteiger charge is -2.80. The van der Waals surface area contributed by atoms with Gasteiger partial charge in [0, 0.05) is 18.9 Å². The lowest BCUT2D eigenvalue weighted by atomic mass is 9.27. The van der Waals surface area contributed by atoms with Gasteiger partial charge in [0.05, 0.1) is 0 Å². The van der Waals surface area contributed by atoms with Gasteiger partial charge in [-0.3, -0.25) is 0 Å².